The minimum Gasteiger partial charge on any atom is -0.496 e. The summed E-state index contributed by atoms with van der Waals surface area (Å²) in [5.74, 6) is 1.57. The van der Waals surface area contributed by atoms with Gasteiger partial charge in [-0.05, 0) is 25.0 Å². The van der Waals surface area contributed by atoms with Gasteiger partial charge in [-0.15, -0.1) is 24.0 Å². The van der Waals surface area contributed by atoms with Gasteiger partial charge in [-0.25, -0.2) is 0 Å². The average Bonchev–Trinajstić information content (AvgIpc) is 2.56. The van der Waals surface area contributed by atoms with Crippen molar-refractivity contribution in [3.05, 3.63) is 29.3 Å². The second-order valence-corrected chi connectivity index (χ2v) is 5.27. The molecule has 24 heavy (non-hydrogen) atoms. The predicted octanol–water partition coefficient (Wildman–Crippen LogP) is 2.20. The number of nitrogens with one attached hydrogen (secondary N) is 3. The van der Waals surface area contributed by atoms with Gasteiger partial charge in [0.2, 0.25) is 5.91 Å². The summed E-state index contributed by atoms with van der Waals surface area (Å²) in [6.45, 7) is 5.93. The molecule has 0 saturated carbocycles. The molecule has 136 valence electrons. The summed E-state index contributed by atoms with van der Waals surface area (Å²) >= 11 is 0. The van der Waals surface area contributed by atoms with E-state index in [-0.39, 0.29) is 29.9 Å². The zero-order chi connectivity index (χ0) is 17.1. The van der Waals surface area contributed by atoms with Gasteiger partial charge in [0.05, 0.1) is 7.11 Å². The van der Waals surface area contributed by atoms with E-state index < -0.39 is 0 Å². The van der Waals surface area contributed by atoms with E-state index in [1.807, 2.05) is 32.0 Å². The van der Waals surface area contributed by atoms with Crippen LogP contribution < -0.4 is 20.7 Å². The molecule has 1 aromatic carbocycles. The summed E-state index contributed by atoms with van der Waals surface area (Å²) in [5.41, 5.74) is 2.22. The first-order valence-electron chi connectivity index (χ1n) is 7.95. The Bertz CT molecular complexity index is 535. The highest BCUT2D eigenvalue weighted by molar-refractivity contribution is 14.0. The van der Waals surface area contributed by atoms with Crippen molar-refractivity contribution in [1.82, 2.24) is 16.0 Å². The Kier molecular flexibility index (Phi) is 12.0. The molecule has 0 aliphatic heterocycles. The zero-order valence-electron chi connectivity index (χ0n) is 14.9. The second-order valence-electron chi connectivity index (χ2n) is 5.27. The van der Waals surface area contributed by atoms with Crippen LogP contribution in [0.15, 0.2) is 23.2 Å². The lowest BCUT2D eigenvalue weighted by molar-refractivity contribution is -0.120. The van der Waals surface area contributed by atoms with Crippen LogP contribution in [-0.2, 0) is 11.3 Å². The smallest absolute Gasteiger partial charge is 0.221 e. The number of rotatable bonds is 8. The maximum atomic E-state index is 11.5. The van der Waals surface area contributed by atoms with Gasteiger partial charge in [-0.2, -0.15) is 0 Å². The van der Waals surface area contributed by atoms with Gasteiger partial charge < -0.3 is 20.7 Å². The van der Waals surface area contributed by atoms with E-state index in [1.54, 1.807) is 14.2 Å². The van der Waals surface area contributed by atoms with Crippen LogP contribution in [0.25, 0.3) is 0 Å². The molecular formula is C17H29IN4O2. The Balaban J connectivity index is 0.00000529. The maximum absolute atomic E-state index is 11.5. The molecule has 6 nitrogen and oxygen atoms in total. The van der Waals surface area contributed by atoms with Gasteiger partial charge in [0.15, 0.2) is 5.96 Å². The van der Waals surface area contributed by atoms with Crippen LogP contribution >= 0.6 is 24.0 Å². The van der Waals surface area contributed by atoms with Crippen molar-refractivity contribution < 1.29 is 9.53 Å². The number of methoxy groups -OCH3 is 1. The van der Waals surface area contributed by atoms with Crippen LogP contribution in [0, 0.1) is 6.92 Å². The lowest BCUT2D eigenvalue weighted by Crippen LogP contribution is -2.39. The van der Waals surface area contributed by atoms with Crippen LogP contribution in [-0.4, -0.2) is 39.1 Å². The molecule has 1 aromatic rings. The molecule has 0 spiro atoms. The highest BCUT2D eigenvalue weighted by Gasteiger charge is 2.05. The van der Waals surface area contributed by atoms with Gasteiger partial charge >= 0.3 is 0 Å². The number of carbonyl (C=O) groups excluding carboxylic acids is 1. The molecule has 0 unspecified atom stereocenters. The molecule has 0 atom stereocenters. The van der Waals surface area contributed by atoms with Crippen LogP contribution in [0.4, 0.5) is 0 Å². The number of benzene rings is 1. The van der Waals surface area contributed by atoms with Crippen molar-refractivity contribution in [3.63, 3.8) is 0 Å². The lowest BCUT2D eigenvalue weighted by Gasteiger charge is -2.14. The topological polar surface area (TPSA) is 74.8 Å². The van der Waals surface area contributed by atoms with Crippen LogP contribution in [0.2, 0.25) is 0 Å². The van der Waals surface area contributed by atoms with Crippen molar-refractivity contribution in [2.75, 3.05) is 27.2 Å². The number of aryl methyl sites for hydroxylation is 1. The van der Waals surface area contributed by atoms with Gasteiger partial charge in [-0.3, -0.25) is 9.79 Å². The lowest BCUT2D eigenvalue weighted by atomic mass is 10.1. The van der Waals surface area contributed by atoms with E-state index >= 15 is 0 Å². The fraction of sp³-hybridized carbons (Fsp3) is 0.529. The monoisotopic (exact) mass is 448 g/mol. The maximum Gasteiger partial charge on any atom is 0.221 e. The van der Waals surface area contributed by atoms with Crippen molar-refractivity contribution in [3.8, 4) is 5.75 Å². The largest absolute Gasteiger partial charge is 0.496 e. The van der Waals surface area contributed by atoms with Crippen molar-refractivity contribution in [2.45, 2.75) is 33.2 Å². The summed E-state index contributed by atoms with van der Waals surface area (Å²) < 4.78 is 5.39. The molecule has 0 saturated heterocycles. The molecule has 0 aliphatic carbocycles. The first-order chi connectivity index (χ1) is 11.1. The number of carbonyl (C=O) groups is 1. The normalized spacial score (nSPS) is 10.6. The Hall–Kier alpha value is -1.51. The summed E-state index contributed by atoms with van der Waals surface area (Å²) in [6, 6.07) is 6.09. The fourth-order valence-electron chi connectivity index (χ4n) is 2.04. The third kappa shape index (κ3) is 8.37. The van der Waals surface area contributed by atoms with Crippen molar-refractivity contribution in [2.24, 2.45) is 4.99 Å². The number of guanidine groups is 1. The zero-order valence-corrected chi connectivity index (χ0v) is 17.3. The van der Waals surface area contributed by atoms with E-state index in [0.29, 0.717) is 25.5 Å². The van der Waals surface area contributed by atoms with E-state index in [9.17, 15) is 4.79 Å². The second kappa shape index (κ2) is 12.9. The van der Waals surface area contributed by atoms with Crippen molar-refractivity contribution in [1.29, 1.82) is 0 Å². The van der Waals surface area contributed by atoms with Crippen molar-refractivity contribution >= 4 is 35.8 Å². The van der Waals surface area contributed by atoms with E-state index in [2.05, 4.69) is 20.9 Å². The number of amides is 1. The first kappa shape index (κ1) is 22.5. The summed E-state index contributed by atoms with van der Waals surface area (Å²) in [7, 11) is 3.37. The standard InChI is InChI=1S/C17H28N4O2.HI/c1-5-9-19-16(22)8-10-20-17(18-3)21-12-14-7-6-13(2)11-15(14)23-4;/h6-7,11H,5,8-10,12H2,1-4H3,(H,19,22)(H2,18,20,21);1H. The predicted molar refractivity (Wildman–Crippen MR) is 109 cm³/mol. The molecule has 0 fully saturated rings. The number of ether oxygens (including phenoxy) is 1. The SMILES string of the molecule is CCCNC(=O)CCNC(=NC)NCc1ccc(C)cc1OC.I. The third-order valence-corrected chi connectivity index (χ3v) is 3.33. The molecule has 0 aliphatic rings. The highest BCUT2D eigenvalue weighted by atomic mass is 127. The molecule has 0 bridgehead atoms. The molecule has 1 amide bonds. The molecule has 0 radical (unpaired) electrons. The average molecular weight is 448 g/mol. The number of nitrogens with zero attached hydrogens (tertiary/aromatic N) is 1. The minimum atomic E-state index is 0. The molecular weight excluding hydrogens is 419 g/mol. The van der Waals surface area contributed by atoms with Gasteiger partial charge in [0.25, 0.3) is 0 Å². The van der Waals surface area contributed by atoms with Gasteiger partial charge in [-0.1, -0.05) is 19.1 Å². The molecule has 0 aromatic heterocycles. The van der Waals surface area contributed by atoms with Gasteiger partial charge in [0, 0.05) is 38.7 Å². The van der Waals surface area contributed by atoms with E-state index in [4.69, 9.17) is 4.74 Å². The number of aliphatic imine (C=N–C) groups is 1. The Morgan fingerprint density at radius 1 is 1.21 bits per heavy atom. The third-order valence-electron chi connectivity index (χ3n) is 3.33. The number of halogens is 1. The van der Waals surface area contributed by atoms with Crippen LogP contribution in [0.5, 0.6) is 5.75 Å². The first-order valence-corrected chi connectivity index (χ1v) is 7.95. The van der Waals surface area contributed by atoms with Gasteiger partial charge in [0.1, 0.15) is 5.75 Å². The van der Waals surface area contributed by atoms with Crippen LogP contribution in [0.1, 0.15) is 30.9 Å². The fourth-order valence-corrected chi connectivity index (χ4v) is 2.04. The summed E-state index contributed by atoms with van der Waals surface area (Å²) in [4.78, 5) is 15.7. The minimum absolute atomic E-state index is 0. The molecule has 1 rings (SSSR count). The molecule has 7 heteroatoms. The quantitative estimate of drug-likeness (QED) is 0.324. The van der Waals surface area contributed by atoms with E-state index in [1.165, 1.54) is 0 Å². The molecule has 3 N–H and O–H groups in total. The molecule has 0 heterocycles. The Morgan fingerprint density at radius 2 is 1.96 bits per heavy atom. The summed E-state index contributed by atoms with van der Waals surface area (Å²) in [5, 5.41) is 9.20. The number of hydrogen-bond acceptors (Lipinski definition) is 3. The number of hydrogen-bond donors (Lipinski definition) is 3. The Morgan fingerprint density at radius 3 is 2.58 bits per heavy atom. The highest BCUT2D eigenvalue weighted by Crippen LogP contribution is 2.19. The Labute approximate surface area is 161 Å². The summed E-state index contributed by atoms with van der Waals surface area (Å²) in [6.07, 6.45) is 1.37. The van der Waals surface area contributed by atoms with E-state index in [0.717, 1.165) is 29.8 Å². The van der Waals surface area contributed by atoms with Crippen LogP contribution in [0.3, 0.4) is 0 Å².